The number of aromatic nitrogens is 2. The third-order valence-corrected chi connectivity index (χ3v) is 2.57. The Bertz CT molecular complexity index is 596. The first-order valence-electron chi connectivity index (χ1n) is 5.59. The Balaban J connectivity index is 1.79. The zero-order chi connectivity index (χ0) is 12.5. The van der Waals surface area contributed by atoms with Crippen LogP contribution in [0.15, 0.2) is 27.7 Å². The maximum atomic E-state index is 11.4. The summed E-state index contributed by atoms with van der Waals surface area (Å²) in [4.78, 5) is 23.4. The summed E-state index contributed by atoms with van der Waals surface area (Å²) in [7, 11) is 0. The second kappa shape index (κ2) is 4.10. The van der Waals surface area contributed by atoms with Crippen LogP contribution in [0, 0.1) is 5.92 Å². The molecule has 1 aliphatic rings. The van der Waals surface area contributed by atoms with E-state index in [-0.39, 0.29) is 23.8 Å². The zero-order valence-electron chi connectivity index (χ0n) is 9.46. The number of amides is 1. The third-order valence-electron chi connectivity index (χ3n) is 2.57. The summed E-state index contributed by atoms with van der Waals surface area (Å²) in [6.07, 6.45) is 3.43. The van der Waals surface area contributed by atoms with E-state index in [1.54, 1.807) is 18.3 Å². The van der Waals surface area contributed by atoms with E-state index in [1.807, 2.05) is 0 Å². The molecular weight excluding hydrogens is 234 g/mol. The van der Waals surface area contributed by atoms with Gasteiger partial charge in [0.05, 0.1) is 0 Å². The normalized spacial score (nSPS) is 15.9. The number of nitrogens with zero attached hydrogens (tertiary/aromatic N) is 3. The molecule has 3 N–H and O–H groups in total. The van der Waals surface area contributed by atoms with Gasteiger partial charge in [-0.1, -0.05) is 0 Å². The van der Waals surface area contributed by atoms with E-state index in [9.17, 15) is 4.79 Å². The molecule has 2 aromatic heterocycles. The van der Waals surface area contributed by atoms with Crippen LogP contribution in [0.2, 0.25) is 0 Å². The highest BCUT2D eigenvalue weighted by Gasteiger charge is 2.29. The van der Waals surface area contributed by atoms with Gasteiger partial charge in [-0.25, -0.2) is 4.98 Å². The average Bonchev–Trinajstić information content (AvgIpc) is 3.10. The quantitative estimate of drug-likeness (QED) is 0.598. The summed E-state index contributed by atoms with van der Waals surface area (Å²) in [5, 5.41) is 2.50. The Hall–Kier alpha value is -2.44. The van der Waals surface area contributed by atoms with Gasteiger partial charge in [0.2, 0.25) is 17.5 Å². The molecule has 0 saturated heterocycles. The molecule has 7 heteroatoms. The lowest BCUT2D eigenvalue weighted by molar-refractivity contribution is -0.120. The summed E-state index contributed by atoms with van der Waals surface area (Å²) in [6.45, 7) is 0. The van der Waals surface area contributed by atoms with E-state index in [1.165, 1.54) is 0 Å². The topological polar surface area (TPSA) is 106 Å². The Labute approximate surface area is 102 Å². The van der Waals surface area contributed by atoms with Gasteiger partial charge in [0, 0.05) is 12.1 Å². The van der Waals surface area contributed by atoms with Gasteiger partial charge in [-0.15, -0.1) is 0 Å². The third kappa shape index (κ3) is 2.15. The lowest BCUT2D eigenvalue weighted by Crippen LogP contribution is -2.37. The summed E-state index contributed by atoms with van der Waals surface area (Å²) < 4.78 is 5.30. The van der Waals surface area contributed by atoms with Crippen LogP contribution in [0.25, 0.3) is 11.2 Å². The summed E-state index contributed by atoms with van der Waals surface area (Å²) in [5.74, 6) is -0.0482. The molecule has 0 radical (unpaired) electrons. The van der Waals surface area contributed by atoms with Crippen molar-refractivity contribution in [2.75, 3.05) is 0 Å². The number of oxazole rings is 1. The van der Waals surface area contributed by atoms with Crippen molar-refractivity contribution in [3.63, 3.8) is 0 Å². The maximum Gasteiger partial charge on any atom is 0.327 e. The lowest BCUT2D eigenvalue weighted by atomic mass is 10.4. The second-order valence-corrected chi connectivity index (χ2v) is 4.08. The molecule has 0 aliphatic heterocycles. The van der Waals surface area contributed by atoms with Gasteiger partial charge < -0.3 is 10.2 Å². The Morgan fingerprint density at radius 1 is 1.56 bits per heavy atom. The predicted molar refractivity (Wildman–Crippen MR) is 64.0 cm³/mol. The minimum Gasteiger partial charge on any atom is -0.420 e. The van der Waals surface area contributed by atoms with Gasteiger partial charge in [-0.3, -0.25) is 10.1 Å². The lowest BCUT2D eigenvalue weighted by Gasteiger charge is -2.00. The Morgan fingerprint density at radius 3 is 3.11 bits per heavy atom. The van der Waals surface area contributed by atoms with Gasteiger partial charge >= 0.3 is 6.01 Å². The van der Waals surface area contributed by atoms with Gasteiger partial charge in [0.25, 0.3) is 0 Å². The minimum absolute atomic E-state index is 0.0153. The monoisotopic (exact) mass is 245 g/mol. The molecule has 1 fully saturated rings. The van der Waals surface area contributed by atoms with Crippen molar-refractivity contribution in [3.8, 4) is 0 Å². The second-order valence-electron chi connectivity index (χ2n) is 4.08. The average molecular weight is 245 g/mol. The number of nitrogens with two attached hydrogens (primary N) is 1. The molecule has 92 valence electrons. The number of carbonyl (C=O) groups excluding carboxylic acids is 1. The van der Waals surface area contributed by atoms with Gasteiger partial charge in [-0.2, -0.15) is 9.98 Å². The van der Waals surface area contributed by atoms with E-state index < -0.39 is 0 Å². The van der Waals surface area contributed by atoms with E-state index in [0.717, 1.165) is 12.8 Å². The van der Waals surface area contributed by atoms with Gasteiger partial charge in [0.15, 0.2) is 5.58 Å². The van der Waals surface area contributed by atoms with Crippen LogP contribution in [0.1, 0.15) is 12.8 Å². The highest BCUT2D eigenvalue weighted by molar-refractivity contribution is 5.98. The Morgan fingerprint density at radius 2 is 2.39 bits per heavy atom. The fourth-order valence-corrected chi connectivity index (χ4v) is 1.51. The zero-order valence-corrected chi connectivity index (χ0v) is 9.46. The van der Waals surface area contributed by atoms with E-state index in [2.05, 4.69) is 20.3 Å². The number of aliphatic imine (C=N–C) groups is 1. The number of nitrogens with one attached hydrogen (secondary N) is 1. The summed E-state index contributed by atoms with van der Waals surface area (Å²) >= 11 is 0. The highest BCUT2D eigenvalue weighted by Crippen LogP contribution is 2.28. The van der Waals surface area contributed by atoms with Gasteiger partial charge in [-0.05, 0) is 25.0 Å². The molecule has 0 atom stereocenters. The van der Waals surface area contributed by atoms with Crippen molar-refractivity contribution in [1.82, 2.24) is 15.3 Å². The first-order chi connectivity index (χ1) is 8.72. The van der Waals surface area contributed by atoms with Crippen LogP contribution in [-0.2, 0) is 4.79 Å². The number of rotatable bonds is 2. The number of pyridine rings is 1. The van der Waals surface area contributed by atoms with Crippen LogP contribution in [0.3, 0.4) is 0 Å². The summed E-state index contributed by atoms with van der Waals surface area (Å²) in [6, 6.07) is 3.55. The molecule has 0 unspecified atom stereocenters. The number of hydrogen-bond donors (Lipinski definition) is 2. The minimum atomic E-state index is -0.106. The molecule has 7 nitrogen and oxygen atoms in total. The van der Waals surface area contributed by atoms with Crippen LogP contribution in [0.5, 0.6) is 0 Å². The SMILES string of the molecule is NC(=Nc1nc2ncccc2o1)NC(=O)C1CC1. The molecule has 3 rings (SSSR count). The van der Waals surface area contributed by atoms with Crippen LogP contribution >= 0.6 is 0 Å². The first-order valence-corrected chi connectivity index (χ1v) is 5.59. The summed E-state index contributed by atoms with van der Waals surface area (Å²) in [5.41, 5.74) is 6.57. The maximum absolute atomic E-state index is 11.4. The smallest absolute Gasteiger partial charge is 0.327 e. The molecule has 1 saturated carbocycles. The van der Waals surface area contributed by atoms with Crippen molar-refractivity contribution in [2.45, 2.75) is 12.8 Å². The van der Waals surface area contributed by atoms with Crippen LogP contribution in [0.4, 0.5) is 6.01 Å². The molecular formula is C11H11N5O2. The predicted octanol–water partition coefficient (Wildman–Crippen LogP) is 0.695. The van der Waals surface area contributed by atoms with Crippen molar-refractivity contribution in [3.05, 3.63) is 18.3 Å². The van der Waals surface area contributed by atoms with E-state index in [0.29, 0.717) is 11.2 Å². The Kier molecular flexibility index (Phi) is 2.44. The van der Waals surface area contributed by atoms with Crippen molar-refractivity contribution >= 4 is 29.1 Å². The standard InChI is InChI=1S/C11H11N5O2/c12-10(15-9(17)6-3-4-6)16-11-14-8-7(18-11)2-1-5-13-8/h1-2,5-6H,3-4H2,(H3,12,13,14,15,16,17). The number of hydrogen-bond acceptors (Lipinski definition) is 5. The molecule has 2 aromatic rings. The molecule has 1 aliphatic carbocycles. The molecule has 18 heavy (non-hydrogen) atoms. The fraction of sp³-hybridized carbons (Fsp3) is 0.273. The number of guanidine groups is 1. The molecule has 0 spiro atoms. The molecule has 0 bridgehead atoms. The first kappa shape index (κ1) is 10.7. The molecule has 2 heterocycles. The van der Waals surface area contributed by atoms with Crippen LogP contribution < -0.4 is 11.1 Å². The highest BCUT2D eigenvalue weighted by atomic mass is 16.4. The number of carbonyl (C=O) groups is 1. The largest absolute Gasteiger partial charge is 0.420 e. The molecule has 0 aromatic carbocycles. The van der Waals surface area contributed by atoms with Crippen molar-refractivity contribution in [2.24, 2.45) is 16.6 Å². The molecule has 1 amide bonds. The van der Waals surface area contributed by atoms with E-state index >= 15 is 0 Å². The van der Waals surface area contributed by atoms with Crippen LogP contribution in [-0.4, -0.2) is 21.8 Å². The van der Waals surface area contributed by atoms with Gasteiger partial charge in [0.1, 0.15) is 0 Å². The van der Waals surface area contributed by atoms with Crippen molar-refractivity contribution in [1.29, 1.82) is 0 Å². The van der Waals surface area contributed by atoms with E-state index in [4.69, 9.17) is 10.2 Å². The number of fused-ring (bicyclic) bond motifs is 1. The van der Waals surface area contributed by atoms with Crippen molar-refractivity contribution < 1.29 is 9.21 Å². The fourth-order valence-electron chi connectivity index (χ4n) is 1.51.